The average Bonchev–Trinajstić information content (AvgIpc) is 2.52. The predicted octanol–water partition coefficient (Wildman–Crippen LogP) is 3.67. The lowest BCUT2D eigenvalue weighted by molar-refractivity contribution is 0.779. The van der Waals surface area contributed by atoms with Gasteiger partial charge in [0.1, 0.15) is 0 Å². The van der Waals surface area contributed by atoms with Gasteiger partial charge in [0, 0.05) is 10.8 Å². The number of nitrogens with zero attached hydrogens (tertiary/aromatic N) is 2. The van der Waals surface area contributed by atoms with E-state index in [0.717, 1.165) is 4.68 Å². The van der Waals surface area contributed by atoms with Crippen molar-refractivity contribution in [3.8, 4) is 0 Å². The molecule has 0 aliphatic rings. The van der Waals surface area contributed by atoms with Crippen molar-refractivity contribution in [1.82, 2.24) is 9.66 Å². The van der Waals surface area contributed by atoms with Crippen LogP contribution in [0.15, 0.2) is 46.3 Å². The molecule has 0 atom stereocenters. The molecule has 0 aliphatic heterocycles. The van der Waals surface area contributed by atoms with Gasteiger partial charge in [-0.15, -0.1) is 0 Å². The SMILES string of the molecule is Cc1ccc(C)c(CSc2nc3cc(Cl)ccc3c(=O)n2N)c1. The number of aryl methyl sites for hydroxylation is 2. The molecule has 0 bridgehead atoms. The van der Waals surface area contributed by atoms with Crippen molar-refractivity contribution in [2.75, 3.05) is 5.84 Å². The number of halogens is 1. The molecule has 3 rings (SSSR count). The molecular weight excluding hydrogens is 330 g/mol. The molecule has 1 heterocycles. The first-order chi connectivity index (χ1) is 11.0. The summed E-state index contributed by atoms with van der Waals surface area (Å²) in [6.45, 7) is 4.13. The van der Waals surface area contributed by atoms with Crippen LogP contribution in [-0.4, -0.2) is 9.66 Å². The van der Waals surface area contributed by atoms with Gasteiger partial charge < -0.3 is 5.84 Å². The molecule has 2 N–H and O–H groups in total. The second-order valence-electron chi connectivity index (χ2n) is 5.45. The van der Waals surface area contributed by atoms with Crippen LogP contribution in [0.25, 0.3) is 10.9 Å². The maximum atomic E-state index is 12.3. The number of hydrogen-bond acceptors (Lipinski definition) is 4. The van der Waals surface area contributed by atoms with Crippen molar-refractivity contribution in [3.63, 3.8) is 0 Å². The van der Waals surface area contributed by atoms with Gasteiger partial charge in [0.2, 0.25) is 0 Å². The van der Waals surface area contributed by atoms with Crippen molar-refractivity contribution in [2.45, 2.75) is 24.8 Å². The minimum Gasteiger partial charge on any atom is -0.334 e. The Labute approximate surface area is 143 Å². The number of hydrogen-bond donors (Lipinski definition) is 1. The normalized spacial score (nSPS) is 11.1. The maximum Gasteiger partial charge on any atom is 0.280 e. The van der Waals surface area contributed by atoms with E-state index in [2.05, 4.69) is 37.0 Å². The van der Waals surface area contributed by atoms with Gasteiger partial charge in [-0.25, -0.2) is 9.66 Å². The standard InChI is InChI=1S/C17H16ClN3OS/c1-10-3-4-11(2)12(7-10)9-23-17-20-15-8-13(18)5-6-14(15)16(22)21(17)19/h3-8H,9,19H2,1-2H3. The molecule has 6 heteroatoms. The van der Waals surface area contributed by atoms with Crippen LogP contribution in [0.4, 0.5) is 0 Å². The first-order valence-electron chi connectivity index (χ1n) is 7.12. The topological polar surface area (TPSA) is 60.9 Å². The highest BCUT2D eigenvalue weighted by Gasteiger charge is 2.11. The molecule has 23 heavy (non-hydrogen) atoms. The van der Waals surface area contributed by atoms with Crippen molar-refractivity contribution in [3.05, 3.63) is 68.5 Å². The molecular formula is C17H16ClN3OS. The minimum atomic E-state index is -0.268. The Morgan fingerprint density at radius 3 is 2.78 bits per heavy atom. The summed E-state index contributed by atoms with van der Waals surface area (Å²) in [6.07, 6.45) is 0. The van der Waals surface area contributed by atoms with E-state index in [1.54, 1.807) is 18.2 Å². The Bertz CT molecular complexity index is 952. The fourth-order valence-electron chi connectivity index (χ4n) is 2.35. The summed E-state index contributed by atoms with van der Waals surface area (Å²) < 4.78 is 1.10. The number of nitrogen functional groups attached to an aromatic ring is 1. The summed E-state index contributed by atoms with van der Waals surface area (Å²) in [5.74, 6) is 6.60. The number of rotatable bonds is 3. The Balaban J connectivity index is 1.98. The van der Waals surface area contributed by atoms with Crippen molar-refractivity contribution in [1.29, 1.82) is 0 Å². The van der Waals surface area contributed by atoms with Gasteiger partial charge in [-0.3, -0.25) is 4.79 Å². The summed E-state index contributed by atoms with van der Waals surface area (Å²) in [6, 6.07) is 11.3. The molecule has 0 saturated heterocycles. The van der Waals surface area contributed by atoms with Crippen LogP contribution in [0, 0.1) is 13.8 Å². The largest absolute Gasteiger partial charge is 0.334 e. The maximum absolute atomic E-state index is 12.3. The number of nitrogens with two attached hydrogens (primary N) is 1. The molecule has 118 valence electrons. The first kappa shape index (κ1) is 15.9. The molecule has 1 aromatic heterocycles. The zero-order chi connectivity index (χ0) is 16.6. The third-order valence-corrected chi connectivity index (χ3v) is 4.93. The van der Waals surface area contributed by atoms with E-state index in [1.165, 1.54) is 28.5 Å². The Kier molecular flexibility index (Phi) is 4.33. The molecule has 0 spiro atoms. The van der Waals surface area contributed by atoms with Crippen LogP contribution in [0.3, 0.4) is 0 Å². The van der Waals surface area contributed by atoms with Crippen molar-refractivity contribution >= 4 is 34.3 Å². The van der Waals surface area contributed by atoms with Crippen LogP contribution in [0.2, 0.25) is 5.02 Å². The summed E-state index contributed by atoms with van der Waals surface area (Å²) in [7, 11) is 0. The minimum absolute atomic E-state index is 0.268. The molecule has 4 nitrogen and oxygen atoms in total. The smallest absolute Gasteiger partial charge is 0.280 e. The molecule has 0 fully saturated rings. The van der Waals surface area contributed by atoms with Gasteiger partial charge in [-0.05, 0) is 43.2 Å². The highest BCUT2D eigenvalue weighted by Crippen LogP contribution is 2.24. The van der Waals surface area contributed by atoms with E-state index in [-0.39, 0.29) is 5.56 Å². The van der Waals surface area contributed by atoms with E-state index in [0.29, 0.717) is 26.8 Å². The number of thioether (sulfide) groups is 1. The second-order valence-corrected chi connectivity index (χ2v) is 6.83. The Morgan fingerprint density at radius 2 is 2.00 bits per heavy atom. The summed E-state index contributed by atoms with van der Waals surface area (Å²) in [5.41, 5.74) is 3.91. The van der Waals surface area contributed by atoms with Gasteiger partial charge in [0.25, 0.3) is 5.56 Å². The van der Waals surface area contributed by atoms with Gasteiger partial charge >= 0.3 is 0 Å². The van der Waals surface area contributed by atoms with E-state index >= 15 is 0 Å². The molecule has 0 amide bonds. The summed E-state index contributed by atoms with van der Waals surface area (Å²) in [5, 5.41) is 1.49. The van der Waals surface area contributed by atoms with Crippen LogP contribution in [0.5, 0.6) is 0 Å². The first-order valence-corrected chi connectivity index (χ1v) is 8.48. The molecule has 2 aromatic carbocycles. The Hall–Kier alpha value is -1.98. The van der Waals surface area contributed by atoms with E-state index in [4.69, 9.17) is 17.4 Å². The monoisotopic (exact) mass is 345 g/mol. The molecule has 3 aromatic rings. The average molecular weight is 346 g/mol. The van der Waals surface area contributed by atoms with E-state index < -0.39 is 0 Å². The van der Waals surface area contributed by atoms with Crippen LogP contribution in [-0.2, 0) is 5.75 Å². The molecule has 0 radical (unpaired) electrons. The number of benzene rings is 2. The molecule has 0 aliphatic carbocycles. The van der Waals surface area contributed by atoms with Gasteiger partial charge in [-0.2, -0.15) is 0 Å². The van der Waals surface area contributed by atoms with E-state index in [1.807, 2.05) is 0 Å². The van der Waals surface area contributed by atoms with Gasteiger partial charge in [-0.1, -0.05) is 47.1 Å². The zero-order valence-electron chi connectivity index (χ0n) is 12.8. The van der Waals surface area contributed by atoms with E-state index in [9.17, 15) is 4.79 Å². The highest BCUT2D eigenvalue weighted by molar-refractivity contribution is 7.98. The van der Waals surface area contributed by atoms with Crippen molar-refractivity contribution < 1.29 is 0 Å². The number of fused-ring (bicyclic) bond motifs is 1. The highest BCUT2D eigenvalue weighted by atomic mass is 35.5. The lowest BCUT2D eigenvalue weighted by Crippen LogP contribution is -2.29. The van der Waals surface area contributed by atoms with Crippen LogP contribution < -0.4 is 11.4 Å². The lowest BCUT2D eigenvalue weighted by Gasteiger charge is -2.10. The van der Waals surface area contributed by atoms with Crippen molar-refractivity contribution in [2.24, 2.45) is 0 Å². The quantitative estimate of drug-likeness (QED) is 0.447. The summed E-state index contributed by atoms with van der Waals surface area (Å²) in [4.78, 5) is 16.8. The summed E-state index contributed by atoms with van der Waals surface area (Å²) >= 11 is 7.43. The Morgan fingerprint density at radius 1 is 1.22 bits per heavy atom. The fraction of sp³-hybridized carbons (Fsp3) is 0.176. The third-order valence-electron chi connectivity index (χ3n) is 3.69. The van der Waals surface area contributed by atoms with Gasteiger partial charge in [0.15, 0.2) is 5.16 Å². The van der Waals surface area contributed by atoms with Crippen LogP contribution >= 0.6 is 23.4 Å². The third kappa shape index (κ3) is 3.21. The second kappa shape index (κ2) is 6.26. The zero-order valence-corrected chi connectivity index (χ0v) is 14.4. The fourth-order valence-corrected chi connectivity index (χ4v) is 3.50. The lowest BCUT2D eigenvalue weighted by atomic mass is 10.1. The predicted molar refractivity (Wildman–Crippen MR) is 96.6 cm³/mol. The molecule has 0 saturated carbocycles. The van der Waals surface area contributed by atoms with Crippen LogP contribution in [0.1, 0.15) is 16.7 Å². The van der Waals surface area contributed by atoms with Gasteiger partial charge in [0.05, 0.1) is 10.9 Å². The molecule has 0 unspecified atom stereocenters. The number of aromatic nitrogens is 2.